The smallest absolute Gasteiger partial charge is 0.308 e. The summed E-state index contributed by atoms with van der Waals surface area (Å²) >= 11 is 0. The number of carbonyl (C=O) groups excluding carboxylic acids is 2. The predicted octanol–water partition coefficient (Wildman–Crippen LogP) is 3.26. The topological polar surface area (TPSA) is 99.6 Å². The Morgan fingerprint density at radius 2 is 1.83 bits per heavy atom. The number of unbranched alkanes of at least 4 members (excludes halogenated alkanes) is 1. The van der Waals surface area contributed by atoms with Gasteiger partial charge >= 0.3 is 5.97 Å². The largest absolute Gasteiger partial charge is 0.481 e. The second-order valence-corrected chi connectivity index (χ2v) is 14.1. The molecule has 3 aliphatic heterocycles. The van der Waals surface area contributed by atoms with Crippen LogP contribution >= 0.6 is 0 Å². The van der Waals surface area contributed by atoms with E-state index in [-0.39, 0.29) is 42.5 Å². The lowest BCUT2D eigenvalue weighted by molar-refractivity contribution is -0.870. The fraction of sp³-hybridized carbons (Fsp3) is 0.719. The number of carboxylic acid groups (broad SMARTS) is 1. The monoisotopic (exact) mass is 587 g/mol. The minimum Gasteiger partial charge on any atom is -0.481 e. The Balaban J connectivity index is 1.56. The van der Waals surface area contributed by atoms with Crippen LogP contribution in [0.4, 0.5) is 0 Å². The third-order valence-corrected chi connectivity index (χ3v) is 8.88. The zero-order chi connectivity index (χ0) is 30.7. The molecule has 3 aliphatic rings. The van der Waals surface area contributed by atoms with Crippen LogP contribution in [0.3, 0.4) is 0 Å². The van der Waals surface area contributed by atoms with Crippen LogP contribution in [0, 0.1) is 11.3 Å². The first kappa shape index (κ1) is 32.1. The number of hydrogen-bond donors (Lipinski definition) is 1. The molecule has 0 bridgehead atoms. The summed E-state index contributed by atoms with van der Waals surface area (Å²) in [5.41, 5.74) is 0.783. The lowest BCUT2D eigenvalue weighted by Crippen LogP contribution is -2.46. The van der Waals surface area contributed by atoms with Gasteiger partial charge in [-0.25, -0.2) is 0 Å². The standard InChI is InChI=1S/C32H50N4O6/c1-7-8-13-33(14-9-16-36(4,5)6)29(38)20-35-19-24(23-10-11-26-27(17-23)42-22-41-26)30(31(39)40)25(35)12-15-34-21-32(2,3)18-28(34)37/h10-11,17,24-25,30H,7-9,12-16,18-22H2,1-6H3/p+1/t24-,25+,30-/m1/s1. The number of ether oxygens (including phenoxy) is 2. The Labute approximate surface area is 251 Å². The third-order valence-electron chi connectivity index (χ3n) is 8.88. The Hall–Kier alpha value is -2.85. The van der Waals surface area contributed by atoms with Crippen molar-refractivity contribution in [3.05, 3.63) is 23.8 Å². The summed E-state index contributed by atoms with van der Waals surface area (Å²) < 4.78 is 11.9. The second kappa shape index (κ2) is 13.2. The number of nitrogens with zero attached hydrogens (tertiary/aromatic N) is 4. The number of hydrogen-bond acceptors (Lipinski definition) is 6. The summed E-state index contributed by atoms with van der Waals surface area (Å²) in [6.07, 6.45) is 3.85. The summed E-state index contributed by atoms with van der Waals surface area (Å²) in [6, 6.07) is 5.26. The van der Waals surface area contributed by atoms with Crippen molar-refractivity contribution in [2.75, 3.05) is 73.7 Å². The van der Waals surface area contributed by atoms with Gasteiger partial charge in [0.15, 0.2) is 11.5 Å². The lowest BCUT2D eigenvalue weighted by Gasteiger charge is -2.31. The van der Waals surface area contributed by atoms with Gasteiger partial charge in [-0.15, -0.1) is 0 Å². The van der Waals surface area contributed by atoms with Crippen LogP contribution in [0.25, 0.3) is 0 Å². The van der Waals surface area contributed by atoms with Crippen LogP contribution in [0.15, 0.2) is 18.2 Å². The zero-order valence-corrected chi connectivity index (χ0v) is 26.4. The molecule has 234 valence electrons. The SMILES string of the molecule is CCCCN(CCC[N+](C)(C)C)C(=O)CN1C[C@H](c2ccc3c(c2)OCO3)[C@@H](C(=O)O)[C@@H]1CCN1CC(C)(C)CC1=O. The Morgan fingerprint density at radius 3 is 2.48 bits per heavy atom. The quantitative estimate of drug-likeness (QED) is 0.334. The maximum Gasteiger partial charge on any atom is 0.308 e. The molecule has 2 saturated heterocycles. The van der Waals surface area contributed by atoms with E-state index in [1.807, 2.05) is 28.0 Å². The van der Waals surface area contributed by atoms with Crippen LogP contribution < -0.4 is 9.47 Å². The molecule has 0 unspecified atom stereocenters. The molecule has 10 heteroatoms. The molecular formula is C32H51N4O6+. The number of amides is 2. The molecule has 2 amide bonds. The first-order valence-corrected chi connectivity index (χ1v) is 15.5. The second-order valence-electron chi connectivity index (χ2n) is 14.1. The van der Waals surface area contributed by atoms with E-state index in [4.69, 9.17) is 9.47 Å². The van der Waals surface area contributed by atoms with Crippen molar-refractivity contribution in [3.8, 4) is 11.5 Å². The molecule has 1 N–H and O–H groups in total. The predicted molar refractivity (Wildman–Crippen MR) is 160 cm³/mol. The highest BCUT2D eigenvalue weighted by atomic mass is 16.7. The van der Waals surface area contributed by atoms with Crippen molar-refractivity contribution < 1.29 is 33.4 Å². The molecule has 1 aromatic carbocycles. The van der Waals surface area contributed by atoms with E-state index in [2.05, 4.69) is 46.8 Å². The van der Waals surface area contributed by atoms with Gasteiger partial charge in [0.2, 0.25) is 18.6 Å². The number of quaternary nitrogens is 1. The molecule has 42 heavy (non-hydrogen) atoms. The maximum absolute atomic E-state index is 13.8. The van der Waals surface area contributed by atoms with Crippen molar-refractivity contribution in [2.45, 2.75) is 64.8 Å². The fourth-order valence-corrected chi connectivity index (χ4v) is 6.73. The number of benzene rings is 1. The summed E-state index contributed by atoms with van der Waals surface area (Å²) in [6.45, 7) is 10.6. The molecule has 3 atom stereocenters. The first-order valence-electron chi connectivity index (χ1n) is 15.5. The summed E-state index contributed by atoms with van der Waals surface area (Å²) in [5, 5.41) is 10.5. The summed E-state index contributed by atoms with van der Waals surface area (Å²) in [4.78, 5) is 45.3. The number of carbonyl (C=O) groups is 3. The van der Waals surface area contributed by atoms with E-state index in [1.165, 1.54) is 0 Å². The van der Waals surface area contributed by atoms with Gasteiger partial charge in [0.25, 0.3) is 0 Å². The van der Waals surface area contributed by atoms with Gasteiger partial charge in [-0.3, -0.25) is 19.3 Å². The minimum absolute atomic E-state index is 0.0451. The van der Waals surface area contributed by atoms with Gasteiger partial charge in [-0.05, 0) is 36.0 Å². The first-order chi connectivity index (χ1) is 19.8. The summed E-state index contributed by atoms with van der Waals surface area (Å²) in [5.74, 6) is -0.476. The van der Waals surface area contributed by atoms with E-state index in [0.717, 1.165) is 35.9 Å². The highest BCUT2D eigenvalue weighted by Gasteiger charge is 2.48. The van der Waals surface area contributed by atoms with Crippen LogP contribution in [0.2, 0.25) is 0 Å². The normalized spacial score (nSPS) is 23.5. The molecule has 2 fully saturated rings. The Bertz CT molecular complexity index is 1130. The van der Waals surface area contributed by atoms with Crippen molar-refractivity contribution >= 4 is 17.8 Å². The number of fused-ring (bicyclic) bond motifs is 1. The Morgan fingerprint density at radius 1 is 1.12 bits per heavy atom. The van der Waals surface area contributed by atoms with Crippen molar-refractivity contribution in [2.24, 2.45) is 11.3 Å². The number of carboxylic acids is 1. The molecule has 3 heterocycles. The van der Waals surface area contributed by atoms with Gasteiger partial charge in [-0.2, -0.15) is 0 Å². The molecule has 0 saturated carbocycles. The zero-order valence-electron chi connectivity index (χ0n) is 26.4. The molecule has 0 radical (unpaired) electrons. The van der Waals surface area contributed by atoms with Gasteiger partial charge in [0.1, 0.15) is 0 Å². The van der Waals surface area contributed by atoms with E-state index < -0.39 is 11.9 Å². The van der Waals surface area contributed by atoms with Crippen LogP contribution in [-0.2, 0) is 14.4 Å². The van der Waals surface area contributed by atoms with E-state index in [9.17, 15) is 19.5 Å². The molecule has 4 rings (SSSR count). The minimum atomic E-state index is -0.878. The molecular weight excluding hydrogens is 536 g/mol. The lowest BCUT2D eigenvalue weighted by atomic mass is 9.84. The van der Waals surface area contributed by atoms with Gasteiger partial charge < -0.3 is 28.9 Å². The van der Waals surface area contributed by atoms with Crippen molar-refractivity contribution in [3.63, 3.8) is 0 Å². The van der Waals surface area contributed by atoms with Crippen molar-refractivity contribution in [1.29, 1.82) is 0 Å². The van der Waals surface area contributed by atoms with E-state index in [0.29, 0.717) is 57.1 Å². The van der Waals surface area contributed by atoms with Crippen LogP contribution in [0.5, 0.6) is 11.5 Å². The highest BCUT2D eigenvalue weighted by Crippen LogP contribution is 2.43. The van der Waals surface area contributed by atoms with Gasteiger partial charge in [-0.1, -0.05) is 33.3 Å². The number of aliphatic carboxylic acids is 1. The average molecular weight is 588 g/mol. The van der Waals surface area contributed by atoms with Crippen LogP contribution in [-0.4, -0.2) is 122 Å². The van der Waals surface area contributed by atoms with Crippen molar-refractivity contribution in [1.82, 2.24) is 14.7 Å². The van der Waals surface area contributed by atoms with E-state index in [1.54, 1.807) is 0 Å². The van der Waals surface area contributed by atoms with Gasteiger partial charge in [0.05, 0.1) is 40.2 Å². The third kappa shape index (κ3) is 7.95. The molecule has 1 aromatic rings. The average Bonchev–Trinajstić information content (AvgIpc) is 3.58. The molecule has 10 nitrogen and oxygen atoms in total. The van der Waals surface area contributed by atoms with Gasteiger partial charge in [0, 0.05) is 57.5 Å². The molecule has 0 spiro atoms. The Kier molecular flexibility index (Phi) is 10.1. The number of likely N-dealkylation sites (tertiary alicyclic amines) is 2. The van der Waals surface area contributed by atoms with E-state index >= 15 is 0 Å². The molecule has 0 aliphatic carbocycles. The highest BCUT2D eigenvalue weighted by molar-refractivity contribution is 5.80. The van der Waals surface area contributed by atoms with Crippen LogP contribution in [0.1, 0.15) is 64.4 Å². The summed E-state index contributed by atoms with van der Waals surface area (Å²) in [7, 11) is 6.46. The maximum atomic E-state index is 13.8. The fourth-order valence-electron chi connectivity index (χ4n) is 6.73. The number of rotatable bonds is 14. The molecule has 0 aromatic heterocycles.